The number of anilines is 2. The predicted molar refractivity (Wildman–Crippen MR) is 58.3 cm³/mol. The molecule has 76 valence electrons. The van der Waals surface area contributed by atoms with Crippen LogP contribution in [0.2, 0.25) is 0 Å². The third-order valence-electron chi connectivity index (χ3n) is 1.54. The van der Waals surface area contributed by atoms with Crippen LogP contribution in [0.5, 0.6) is 0 Å². The number of aromatic nitrogens is 2. The highest BCUT2D eigenvalue weighted by Gasteiger charge is 2.04. The molecule has 0 aliphatic rings. The molecule has 0 fully saturated rings. The van der Waals surface area contributed by atoms with Gasteiger partial charge in [-0.15, -0.1) is 12.4 Å². The first-order valence-electron chi connectivity index (χ1n) is 4.23. The Balaban J connectivity index is 0.00000144. The Labute approximate surface area is 84.9 Å². The molecule has 0 saturated carbocycles. The zero-order valence-corrected chi connectivity index (χ0v) is 9.06. The normalized spacial score (nSPS) is 9.85. The van der Waals surface area contributed by atoms with E-state index in [2.05, 4.69) is 24.3 Å². The molecule has 1 aromatic rings. The molecule has 0 bridgehead atoms. The standard InChI is InChI=1S/C8H16N4.ClH/c1-4-12-5-7(9)8(11-12)10-6(2)3;/h5-6H,4,9H2,1-3H3,(H,10,11);1H. The maximum absolute atomic E-state index is 5.72. The highest BCUT2D eigenvalue weighted by atomic mass is 35.5. The molecule has 0 amide bonds. The first-order valence-corrected chi connectivity index (χ1v) is 4.23. The lowest BCUT2D eigenvalue weighted by Crippen LogP contribution is -2.11. The van der Waals surface area contributed by atoms with Crippen molar-refractivity contribution in [3.63, 3.8) is 0 Å². The van der Waals surface area contributed by atoms with Crippen molar-refractivity contribution in [1.29, 1.82) is 0 Å². The van der Waals surface area contributed by atoms with Crippen LogP contribution in [0.25, 0.3) is 0 Å². The fourth-order valence-corrected chi connectivity index (χ4v) is 0.984. The number of halogens is 1. The zero-order chi connectivity index (χ0) is 9.14. The van der Waals surface area contributed by atoms with Gasteiger partial charge >= 0.3 is 0 Å². The minimum atomic E-state index is 0. The molecular weight excluding hydrogens is 188 g/mol. The van der Waals surface area contributed by atoms with Gasteiger partial charge in [-0.2, -0.15) is 5.10 Å². The summed E-state index contributed by atoms with van der Waals surface area (Å²) in [5.41, 5.74) is 6.43. The average Bonchev–Trinajstić information content (AvgIpc) is 2.31. The molecule has 0 aliphatic carbocycles. The number of nitrogens with zero attached hydrogens (tertiary/aromatic N) is 2. The van der Waals surface area contributed by atoms with Crippen molar-refractivity contribution in [2.24, 2.45) is 0 Å². The van der Waals surface area contributed by atoms with Gasteiger partial charge in [0.2, 0.25) is 0 Å². The van der Waals surface area contributed by atoms with Crippen molar-refractivity contribution < 1.29 is 0 Å². The Hall–Kier alpha value is -0.900. The van der Waals surface area contributed by atoms with Crippen LogP contribution in [-0.4, -0.2) is 15.8 Å². The van der Waals surface area contributed by atoms with Gasteiger partial charge in [0.05, 0.1) is 11.9 Å². The lowest BCUT2D eigenvalue weighted by Gasteiger charge is -2.06. The van der Waals surface area contributed by atoms with Gasteiger partial charge in [0, 0.05) is 12.6 Å². The molecular formula is C8H17ClN4. The number of hydrogen-bond donors (Lipinski definition) is 2. The van der Waals surface area contributed by atoms with Crippen LogP contribution < -0.4 is 11.1 Å². The maximum Gasteiger partial charge on any atom is 0.171 e. The lowest BCUT2D eigenvalue weighted by atomic mass is 10.4. The van der Waals surface area contributed by atoms with Crippen LogP contribution in [0.15, 0.2) is 6.20 Å². The number of nitrogen functional groups attached to an aromatic ring is 1. The predicted octanol–water partition coefficient (Wildman–Crippen LogP) is 1.73. The molecule has 0 unspecified atom stereocenters. The number of nitrogens with one attached hydrogen (secondary N) is 1. The van der Waals surface area contributed by atoms with E-state index in [-0.39, 0.29) is 12.4 Å². The number of aryl methyl sites for hydroxylation is 1. The summed E-state index contributed by atoms with van der Waals surface area (Å²) in [5, 5.41) is 7.42. The second kappa shape index (κ2) is 4.97. The van der Waals surface area contributed by atoms with Crippen molar-refractivity contribution in [2.75, 3.05) is 11.1 Å². The molecule has 3 N–H and O–H groups in total. The molecule has 0 spiro atoms. The minimum Gasteiger partial charge on any atom is -0.394 e. The molecule has 0 aliphatic heterocycles. The summed E-state index contributed by atoms with van der Waals surface area (Å²) in [6.07, 6.45) is 1.84. The molecule has 0 radical (unpaired) electrons. The van der Waals surface area contributed by atoms with Crippen LogP contribution in [0.1, 0.15) is 20.8 Å². The average molecular weight is 205 g/mol. The third-order valence-corrected chi connectivity index (χ3v) is 1.54. The van der Waals surface area contributed by atoms with Crippen molar-refractivity contribution >= 4 is 23.9 Å². The lowest BCUT2D eigenvalue weighted by molar-refractivity contribution is 0.659. The number of nitrogens with two attached hydrogens (primary N) is 1. The fourth-order valence-electron chi connectivity index (χ4n) is 0.984. The summed E-state index contributed by atoms with van der Waals surface area (Å²) >= 11 is 0. The quantitative estimate of drug-likeness (QED) is 0.789. The summed E-state index contributed by atoms with van der Waals surface area (Å²) in [5.74, 6) is 0.784. The van der Waals surface area contributed by atoms with Crippen LogP contribution in [0.3, 0.4) is 0 Å². The summed E-state index contributed by atoms with van der Waals surface area (Å²) < 4.78 is 1.82. The molecule has 0 atom stereocenters. The number of hydrogen-bond acceptors (Lipinski definition) is 3. The van der Waals surface area contributed by atoms with Gasteiger partial charge in [0.25, 0.3) is 0 Å². The minimum absolute atomic E-state index is 0. The Bertz CT molecular complexity index is 257. The molecule has 0 saturated heterocycles. The topological polar surface area (TPSA) is 55.9 Å². The van der Waals surface area contributed by atoms with E-state index in [1.807, 2.05) is 17.8 Å². The van der Waals surface area contributed by atoms with Crippen molar-refractivity contribution in [3.8, 4) is 0 Å². The number of rotatable bonds is 3. The van der Waals surface area contributed by atoms with E-state index in [0.29, 0.717) is 11.7 Å². The summed E-state index contributed by atoms with van der Waals surface area (Å²) in [7, 11) is 0. The molecule has 5 heteroatoms. The van der Waals surface area contributed by atoms with Gasteiger partial charge in [-0.1, -0.05) is 0 Å². The monoisotopic (exact) mass is 204 g/mol. The molecule has 0 aromatic carbocycles. The highest BCUT2D eigenvalue weighted by molar-refractivity contribution is 5.85. The van der Waals surface area contributed by atoms with Gasteiger partial charge in [-0.05, 0) is 20.8 Å². The van der Waals surface area contributed by atoms with Gasteiger partial charge in [-0.3, -0.25) is 4.68 Å². The van der Waals surface area contributed by atoms with E-state index in [9.17, 15) is 0 Å². The molecule has 13 heavy (non-hydrogen) atoms. The van der Waals surface area contributed by atoms with E-state index >= 15 is 0 Å². The van der Waals surface area contributed by atoms with Crippen molar-refractivity contribution in [2.45, 2.75) is 33.4 Å². The third kappa shape index (κ3) is 3.14. The highest BCUT2D eigenvalue weighted by Crippen LogP contribution is 2.15. The Morgan fingerprint density at radius 1 is 1.62 bits per heavy atom. The first kappa shape index (κ1) is 12.1. The Morgan fingerprint density at radius 2 is 2.23 bits per heavy atom. The summed E-state index contributed by atoms with van der Waals surface area (Å²) in [4.78, 5) is 0. The zero-order valence-electron chi connectivity index (χ0n) is 8.24. The van der Waals surface area contributed by atoms with Crippen LogP contribution >= 0.6 is 12.4 Å². The smallest absolute Gasteiger partial charge is 0.171 e. The van der Waals surface area contributed by atoms with Gasteiger partial charge in [0.15, 0.2) is 5.82 Å². The largest absolute Gasteiger partial charge is 0.394 e. The van der Waals surface area contributed by atoms with E-state index < -0.39 is 0 Å². The van der Waals surface area contributed by atoms with Gasteiger partial charge < -0.3 is 11.1 Å². The summed E-state index contributed by atoms with van der Waals surface area (Å²) in [6.45, 7) is 7.00. The van der Waals surface area contributed by atoms with Crippen LogP contribution in [0, 0.1) is 0 Å². The van der Waals surface area contributed by atoms with Crippen molar-refractivity contribution in [1.82, 2.24) is 9.78 Å². The van der Waals surface area contributed by atoms with E-state index in [1.54, 1.807) is 0 Å². The molecule has 1 heterocycles. The molecule has 1 rings (SSSR count). The molecule has 1 aromatic heterocycles. The maximum atomic E-state index is 5.72. The van der Waals surface area contributed by atoms with E-state index in [4.69, 9.17) is 5.73 Å². The fraction of sp³-hybridized carbons (Fsp3) is 0.625. The summed E-state index contributed by atoms with van der Waals surface area (Å²) in [6, 6.07) is 0.368. The Morgan fingerprint density at radius 3 is 2.62 bits per heavy atom. The van der Waals surface area contributed by atoms with Gasteiger partial charge in [-0.25, -0.2) is 0 Å². The van der Waals surface area contributed by atoms with Crippen LogP contribution in [-0.2, 0) is 6.54 Å². The van der Waals surface area contributed by atoms with Gasteiger partial charge in [0.1, 0.15) is 0 Å². The molecule has 4 nitrogen and oxygen atoms in total. The first-order chi connectivity index (χ1) is 5.63. The SMILES string of the molecule is CCn1cc(N)c(NC(C)C)n1.Cl. The van der Waals surface area contributed by atoms with Crippen LogP contribution in [0.4, 0.5) is 11.5 Å². The van der Waals surface area contributed by atoms with E-state index in [1.165, 1.54) is 0 Å². The van der Waals surface area contributed by atoms with Crippen molar-refractivity contribution in [3.05, 3.63) is 6.20 Å². The second-order valence-corrected chi connectivity index (χ2v) is 3.09. The Kier molecular flexibility index (Phi) is 4.62. The second-order valence-electron chi connectivity index (χ2n) is 3.09. The van der Waals surface area contributed by atoms with E-state index in [0.717, 1.165) is 12.4 Å².